The first kappa shape index (κ1) is 20.9. The topological polar surface area (TPSA) is 91.2 Å². The lowest BCUT2D eigenvalue weighted by Gasteiger charge is -2.29. The van der Waals surface area contributed by atoms with Crippen molar-refractivity contribution in [2.45, 2.75) is 5.92 Å². The van der Waals surface area contributed by atoms with Crippen LogP contribution in [0.25, 0.3) is 33.2 Å². The van der Waals surface area contributed by atoms with E-state index in [1.165, 1.54) is 0 Å². The summed E-state index contributed by atoms with van der Waals surface area (Å²) in [4.78, 5) is 6.62. The number of aromatic nitrogens is 2. The third kappa shape index (κ3) is 3.30. The molecule has 35 heavy (non-hydrogen) atoms. The molecule has 0 unspecified atom stereocenters. The van der Waals surface area contributed by atoms with Gasteiger partial charge >= 0.3 is 0 Å². The highest BCUT2D eigenvalue weighted by Crippen LogP contribution is 2.44. The van der Waals surface area contributed by atoms with E-state index in [2.05, 4.69) is 27.4 Å². The molecule has 0 spiro atoms. The molecule has 166 valence electrons. The number of allylic oxidation sites excluding steroid dienone is 2. The zero-order chi connectivity index (χ0) is 23.9. The Bertz CT molecular complexity index is 1640. The summed E-state index contributed by atoms with van der Waals surface area (Å²) in [5.74, 6) is -0.546. The second kappa shape index (κ2) is 8.25. The quantitative estimate of drug-likeness (QED) is 0.268. The van der Waals surface area contributed by atoms with E-state index in [4.69, 9.17) is 11.6 Å². The average Bonchev–Trinajstić information content (AvgIpc) is 3.52. The molecule has 2 aromatic heterocycles. The van der Waals surface area contributed by atoms with Gasteiger partial charge in [-0.3, -0.25) is 0 Å². The molecule has 0 atom stereocenters. The molecule has 1 aliphatic heterocycles. The number of nitrogens with one attached hydrogen (secondary N) is 3. The maximum Gasteiger partial charge on any atom is 0.0979 e. The predicted molar refractivity (Wildman–Crippen MR) is 139 cm³/mol. The minimum Gasteiger partial charge on any atom is -0.360 e. The number of hydrogen-bond acceptors (Lipinski definition) is 3. The van der Waals surface area contributed by atoms with Crippen LogP contribution in [0.15, 0.2) is 96.3 Å². The number of H-pyrrole nitrogens is 2. The van der Waals surface area contributed by atoms with Crippen LogP contribution in [0.4, 0.5) is 0 Å². The highest BCUT2D eigenvalue weighted by atomic mass is 35.5. The highest BCUT2D eigenvalue weighted by Gasteiger charge is 2.34. The largest absolute Gasteiger partial charge is 0.360 e. The van der Waals surface area contributed by atoms with Crippen LogP contribution >= 0.6 is 11.6 Å². The molecule has 6 rings (SSSR count). The lowest BCUT2D eigenvalue weighted by molar-refractivity contribution is 0.939. The van der Waals surface area contributed by atoms with Crippen LogP contribution in [0.1, 0.15) is 22.6 Å². The fourth-order valence-electron chi connectivity index (χ4n) is 4.90. The van der Waals surface area contributed by atoms with E-state index in [0.29, 0.717) is 27.6 Å². The maximum atomic E-state index is 10.4. The van der Waals surface area contributed by atoms with E-state index < -0.39 is 5.92 Å². The molecule has 1 aliphatic rings. The summed E-state index contributed by atoms with van der Waals surface area (Å²) in [5.41, 5.74) is 6.87. The smallest absolute Gasteiger partial charge is 0.0979 e. The Morgan fingerprint density at radius 2 is 1.14 bits per heavy atom. The summed E-state index contributed by atoms with van der Waals surface area (Å²) in [6, 6.07) is 28.1. The average molecular weight is 472 g/mol. The van der Waals surface area contributed by atoms with Crippen molar-refractivity contribution in [1.29, 1.82) is 10.5 Å². The van der Waals surface area contributed by atoms with Gasteiger partial charge in [-0.25, -0.2) is 0 Å². The Labute approximate surface area is 206 Å². The molecule has 5 aromatic rings. The Morgan fingerprint density at radius 1 is 0.657 bits per heavy atom. The van der Waals surface area contributed by atoms with Crippen LogP contribution in [0.5, 0.6) is 0 Å². The van der Waals surface area contributed by atoms with Crippen molar-refractivity contribution in [1.82, 2.24) is 15.3 Å². The summed E-state index contributed by atoms with van der Waals surface area (Å²) in [5, 5.41) is 26.9. The predicted octanol–water partition coefficient (Wildman–Crippen LogP) is 6.86. The normalized spacial score (nSPS) is 14.3. The van der Waals surface area contributed by atoms with Gasteiger partial charge in [-0.2, -0.15) is 10.5 Å². The lowest BCUT2D eigenvalue weighted by atomic mass is 9.79. The zero-order valence-electron chi connectivity index (χ0n) is 18.4. The SMILES string of the molecule is N#CC1=C(c2c[nH]c3ccccc23)NC(c2c[nH]c3ccccc23)=C(C#N)C1c1ccc(Cl)cc1. The molecule has 0 aliphatic carbocycles. The number of benzene rings is 3. The molecular weight excluding hydrogens is 454 g/mol. The van der Waals surface area contributed by atoms with Gasteiger partial charge in [0, 0.05) is 50.3 Å². The Hall–Kier alpha value is -4.71. The van der Waals surface area contributed by atoms with E-state index >= 15 is 0 Å². The molecule has 0 fully saturated rings. The van der Waals surface area contributed by atoms with Crippen LogP contribution < -0.4 is 5.32 Å². The van der Waals surface area contributed by atoms with Crippen LogP contribution in [-0.4, -0.2) is 9.97 Å². The molecule has 3 heterocycles. The van der Waals surface area contributed by atoms with Crippen molar-refractivity contribution < 1.29 is 0 Å². The first-order valence-electron chi connectivity index (χ1n) is 11.1. The highest BCUT2D eigenvalue weighted by molar-refractivity contribution is 6.30. The molecular formula is C29H18ClN5. The van der Waals surface area contributed by atoms with Gasteiger partial charge < -0.3 is 15.3 Å². The molecule has 3 N–H and O–H groups in total. The fourth-order valence-corrected chi connectivity index (χ4v) is 5.03. The van der Waals surface area contributed by atoms with E-state index in [-0.39, 0.29) is 0 Å². The van der Waals surface area contributed by atoms with Gasteiger partial charge in [-0.15, -0.1) is 0 Å². The van der Waals surface area contributed by atoms with Crippen molar-refractivity contribution in [3.05, 3.63) is 118 Å². The number of dihydropyridines is 1. The van der Waals surface area contributed by atoms with E-state index in [0.717, 1.165) is 38.5 Å². The Kier molecular flexibility index (Phi) is 4.92. The molecule has 0 bridgehead atoms. The van der Waals surface area contributed by atoms with Crippen LogP contribution in [0, 0.1) is 22.7 Å². The number of fused-ring (bicyclic) bond motifs is 2. The molecule has 0 amide bonds. The summed E-state index contributed by atoms with van der Waals surface area (Å²) in [6.07, 6.45) is 3.82. The van der Waals surface area contributed by atoms with Crippen LogP contribution in [0.3, 0.4) is 0 Å². The van der Waals surface area contributed by atoms with E-state index in [9.17, 15) is 10.5 Å². The van der Waals surface area contributed by atoms with Gasteiger partial charge in [0.25, 0.3) is 0 Å². The third-order valence-electron chi connectivity index (χ3n) is 6.53. The number of para-hydroxylation sites is 2. The molecule has 3 aromatic carbocycles. The van der Waals surface area contributed by atoms with Crippen molar-refractivity contribution in [3.8, 4) is 12.1 Å². The molecule has 5 nitrogen and oxygen atoms in total. The minimum atomic E-state index is -0.546. The maximum absolute atomic E-state index is 10.4. The second-order valence-electron chi connectivity index (χ2n) is 8.41. The van der Waals surface area contributed by atoms with Gasteiger partial charge in [0.2, 0.25) is 0 Å². The monoisotopic (exact) mass is 471 g/mol. The van der Waals surface area contributed by atoms with Crippen molar-refractivity contribution >= 4 is 44.8 Å². The van der Waals surface area contributed by atoms with Gasteiger partial charge in [0.05, 0.1) is 40.6 Å². The number of rotatable bonds is 3. The van der Waals surface area contributed by atoms with E-state index in [1.54, 1.807) is 12.1 Å². The fraction of sp³-hybridized carbons (Fsp3) is 0.0345. The first-order valence-corrected chi connectivity index (χ1v) is 11.5. The molecule has 0 saturated heterocycles. The third-order valence-corrected chi connectivity index (χ3v) is 6.78. The van der Waals surface area contributed by atoms with Crippen molar-refractivity contribution in [2.75, 3.05) is 0 Å². The van der Waals surface area contributed by atoms with Gasteiger partial charge in [-0.05, 0) is 29.8 Å². The Balaban J connectivity index is 1.66. The van der Waals surface area contributed by atoms with Crippen molar-refractivity contribution in [3.63, 3.8) is 0 Å². The summed E-state index contributed by atoms with van der Waals surface area (Å²) in [7, 11) is 0. The summed E-state index contributed by atoms with van der Waals surface area (Å²) in [6.45, 7) is 0. The number of nitriles is 2. The number of hydrogen-bond donors (Lipinski definition) is 3. The van der Waals surface area contributed by atoms with E-state index in [1.807, 2.05) is 73.1 Å². The lowest BCUT2D eigenvalue weighted by Crippen LogP contribution is -2.24. The summed E-state index contributed by atoms with van der Waals surface area (Å²) < 4.78 is 0. The molecule has 0 radical (unpaired) electrons. The van der Waals surface area contributed by atoms with Crippen LogP contribution in [-0.2, 0) is 0 Å². The Morgan fingerprint density at radius 3 is 1.63 bits per heavy atom. The first-order chi connectivity index (χ1) is 17.2. The van der Waals surface area contributed by atoms with Crippen molar-refractivity contribution in [2.24, 2.45) is 0 Å². The minimum absolute atomic E-state index is 0.484. The second-order valence-corrected chi connectivity index (χ2v) is 8.84. The molecule has 0 saturated carbocycles. The van der Waals surface area contributed by atoms with Gasteiger partial charge in [0.1, 0.15) is 0 Å². The zero-order valence-corrected chi connectivity index (χ0v) is 19.2. The van der Waals surface area contributed by atoms with Crippen LogP contribution in [0.2, 0.25) is 5.02 Å². The standard InChI is InChI=1S/C29H18ClN5/c30-18-11-9-17(10-12-18)27-21(13-31)28(23-15-33-25-7-3-1-5-19(23)25)35-29(22(27)14-32)24-16-34-26-8-4-2-6-20(24)26/h1-12,15-16,27,33-35H. The van der Waals surface area contributed by atoms with Gasteiger partial charge in [-0.1, -0.05) is 60.1 Å². The number of nitrogens with zero attached hydrogens (tertiary/aromatic N) is 2. The summed E-state index contributed by atoms with van der Waals surface area (Å²) >= 11 is 6.17. The van der Waals surface area contributed by atoms with Gasteiger partial charge in [0.15, 0.2) is 0 Å². The number of aromatic amines is 2. The number of halogens is 1. The molecule has 6 heteroatoms.